The molecule has 0 aliphatic heterocycles. The Kier molecular flexibility index (Phi) is 2.44. The third kappa shape index (κ3) is 1.57. The number of carboxylic acids is 1. The topological polar surface area (TPSA) is 76.2 Å². The van der Waals surface area contributed by atoms with Crippen molar-refractivity contribution in [2.24, 2.45) is 0 Å². The molecular weight excluding hydrogens is 228 g/mol. The van der Waals surface area contributed by atoms with Gasteiger partial charge in [0.05, 0.1) is 11.2 Å². The molecule has 5 heteroatoms. The second kappa shape index (κ2) is 3.64. The number of rotatable bonds is 1. The Bertz CT molecular complexity index is 596. The minimum atomic E-state index is -1.08. The molecule has 1 heterocycles. The highest BCUT2D eigenvalue weighted by atomic mass is 35.5. The first-order chi connectivity index (χ1) is 7.50. The maximum atomic E-state index is 10.9. The predicted octanol–water partition coefficient (Wildman–Crippen LogP) is 2.48. The number of carbonyl (C=O) groups is 1. The number of nitrogens with zero attached hydrogens (tertiary/aromatic N) is 1. The number of pyridine rings is 1. The van der Waals surface area contributed by atoms with Gasteiger partial charge in [-0.3, -0.25) is 4.98 Å². The standard InChI is InChI=1S/C11H9ClN2O2/c1-5-2-6-9(3-8(5)12)14-4-7(10(6)13)11(15)16/h2-4H,1H3,(H2,13,14)(H,15,16). The maximum absolute atomic E-state index is 10.9. The molecule has 0 amide bonds. The Labute approximate surface area is 96.7 Å². The molecule has 0 aliphatic rings. The Morgan fingerprint density at radius 2 is 2.19 bits per heavy atom. The number of hydrogen-bond donors (Lipinski definition) is 2. The van der Waals surface area contributed by atoms with E-state index in [0.717, 1.165) is 5.56 Å². The van der Waals surface area contributed by atoms with Crippen molar-refractivity contribution in [3.05, 3.63) is 34.5 Å². The number of aromatic carboxylic acids is 1. The van der Waals surface area contributed by atoms with Gasteiger partial charge in [0.1, 0.15) is 5.56 Å². The van der Waals surface area contributed by atoms with E-state index in [1.807, 2.05) is 6.92 Å². The first-order valence-electron chi connectivity index (χ1n) is 4.58. The van der Waals surface area contributed by atoms with Crippen LogP contribution in [0.5, 0.6) is 0 Å². The van der Waals surface area contributed by atoms with Crippen molar-refractivity contribution in [3.8, 4) is 0 Å². The van der Waals surface area contributed by atoms with Crippen molar-refractivity contribution < 1.29 is 9.90 Å². The van der Waals surface area contributed by atoms with Crippen LogP contribution in [0.15, 0.2) is 18.3 Å². The monoisotopic (exact) mass is 236 g/mol. The molecule has 1 aromatic carbocycles. The summed E-state index contributed by atoms with van der Waals surface area (Å²) in [5.41, 5.74) is 7.44. The molecule has 0 fully saturated rings. The molecule has 0 aliphatic carbocycles. The molecule has 2 aromatic rings. The third-order valence-corrected chi connectivity index (χ3v) is 2.83. The Hall–Kier alpha value is -1.81. The SMILES string of the molecule is Cc1cc2c(N)c(C(=O)O)cnc2cc1Cl. The Morgan fingerprint density at radius 1 is 1.50 bits per heavy atom. The molecule has 2 rings (SSSR count). The number of nitrogens with two attached hydrogens (primary N) is 1. The van der Waals surface area contributed by atoms with Crippen molar-refractivity contribution in [1.29, 1.82) is 0 Å². The average molecular weight is 237 g/mol. The molecule has 0 saturated carbocycles. The van der Waals surface area contributed by atoms with Crippen LogP contribution in [0.2, 0.25) is 5.02 Å². The number of nitrogen functional groups attached to an aromatic ring is 1. The summed E-state index contributed by atoms with van der Waals surface area (Å²) in [6.07, 6.45) is 1.24. The summed E-state index contributed by atoms with van der Waals surface area (Å²) in [7, 11) is 0. The van der Waals surface area contributed by atoms with Crippen LogP contribution >= 0.6 is 11.6 Å². The highest BCUT2D eigenvalue weighted by Crippen LogP contribution is 2.28. The molecule has 0 saturated heterocycles. The van der Waals surface area contributed by atoms with Crippen molar-refractivity contribution in [3.63, 3.8) is 0 Å². The van der Waals surface area contributed by atoms with Crippen LogP contribution in [0.1, 0.15) is 15.9 Å². The van der Waals surface area contributed by atoms with Gasteiger partial charge in [-0.1, -0.05) is 11.6 Å². The summed E-state index contributed by atoms with van der Waals surface area (Å²) >= 11 is 5.95. The van der Waals surface area contributed by atoms with Crippen LogP contribution in [0, 0.1) is 6.92 Å². The van der Waals surface area contributed by atoms with Gasteiger partial charge < -0.3 is 10.8 Å². The summed E-state index contributed by atoms with van der Waals surface area (Å²) in [5, 5.41) is 10.1. The van der Waals surface area contributed by atoms with E-state index in [1.165, 1.54) is 6.20 Å². The molecule has 82 valence electrons. The summed E-state index contributed by atoms with van der Waals surface area (Å²) in [5.74, 6) is -1.08. The van der Waals surface area contributed by atoms with Gasteiger partial charge >= 0.3 is 5.97 Å². The molecule has 4 nitrogen and oxygen atoms in total. The molecule has 3 N–H and O–H groups in total. The van der Waals surface area contributed by atoms with E-state index in [0.29, 0.717) is 15.9 Å². The van der Waals surface area contributed by atoms with E-state index < -0.39 is 5.97 Å². The lowest BCUT2D eigenvalue weighted by Crippen LogP contribution is -2.04. The largest absolute Gasteiger partial charge is 0.478 e. The van der Waals surface area contributed by atoms with Crippen LogP contribution < -0.4 is 5.73 Å². The summed E-state index contributed by atoms with van der Waals surface area (Å²) in [6.45, 7) is 1.83. The zero-order chi connectivity index (χ0) is 11.9. The molecule has 0 spiro atoms. The fourth-order valence-corrected chi connectivity index (χ4v) is 1.67. The second-order valence-electron chi connectivity index (χ2n) is 3.51. The molecule has 0 bridgehead atoms. The van der Waals surface area contributed by atoms with Crippen LogP contribution in [0.3, 0.4) is 0 Å². The van der Waals surface area contributed by atoms with Gasteiger partial charge in [0.2, 0.25) is 0 Å². The average Bonchev–Trinajstić information content (AvgIpc) is 2.21. The smallest absolute Gasteiger partial charge is 0.339 e. The zero-order valence-electron chi connectivity index (χ0n) is 8.49. The number of benzene rings is 1. The minimum Gasteiger partial charge on any atom is -0.478 e. The lowest BCUT2D eigenvalue weighted by Gasteiger charge is -2.07. The first-order valence-corrected chi connectivity index (χ1v) is 4.96. The van der Waals surface area contributed by atoms with E-state index in [4.69, 9.17) is 22.4 Å². The lowest BCUT2D eigenvalue weighted by molar-refractivity contribution is 0.0698. The van der Waals surface area contributed by atoms with Gasteiger partial charge in [0.25, 0.3) is 0 Å². The second-order valence-corrected chi connectivity index (χ2v) is 3.92. The van der Waals surface area contributed by atoms with Crippen molar-refractivity contribution in [2.75, 3.05) is 5.73 Å². The number of carboxylic acid groups (broad SMARTS) is 1. The number of aryl methyl sites for hydroxylation is 1. The Balaban J connectivity index is 2.84. The summed E-state index contributed by atoms with van der Waals surface area (Å²) < 4.78 is 0. The fourth-order valence-electron chi connectivity index (χ4n) is 1.51. The van der Waals surface area contributed by atoms with Crippen molar-refractivity contribution in [2.45, 2.75) is 6.92 Å². The molecular formula is C11H9ClN2O2. The van der Waals surface area contributed by atoms with E-state index >= 15 is 0 Å². The van der Waals surface area contributed by atoms with Gasteiger partial charge in [-0.2, -0.15) is 0 Å². The number of hydrogen-bond acceptors (Lipinski definition) is 3. The normalized spacial score (nSPS) is 10.6. The molecule has 0 unspecified atom stereocenters. The number of fused-ring (bicyclic) bond motifs is 1. The van der Waals surface area contributed by atoms with E-state index in [1.54, 1.807) is 12.1 Å². The van der Waals surface area contributed by atoms with Gasteiger partial charge in [-0.15, -0.1) is 0 Å². The summed E-state index contributed by atoms with van der Waals surface area (Å²) in [6, 6.07) is 3.42. The van der Waals surface area contributed by atoms with Gasteiger partial charge in [0, 0.05) is 16.6 Å². The lowest BCUT2D eigenvalue weighted by atomic mass is 10.1. The predicted molar refractivity (Wildman–Crippen MR) is 62.9 cm³/mol. The molecule has 16 heavy (non-hydrogen) atoms. The number of anilines is 1. The van der Waals surface area contributed by atoms with E-state index in [-0.39, 0.29) is 11.3 Å². The number of halogens is 1. The first kappa shape index (κ1) is 10.7. The Morgan fingerprint density at radius 3 is 2.81 bits per heavy atom. The molecule has 1 aromatic heterocycles. The minimum absolute atomic E-state index is 0.00854. The van der Waals surface area contributed by atoms with E-state index in [2.05, 4.69) is 4.98 Å². The third-order valence-electron chi connectivity index (χ3n) is 2.42. The fraction of sp³-hybridized carbons (Fsp3) is 0.0909. The molecule has 0 radical (unpaired) electrons. The van der Waals surface area contributed by atoms with Crippen LogP contribution in [0.4, 0.5) is 5.69 Å². The zero-order valence-corrected chi connectivity index (χ0v) is 9.25. The van der Waals surface area contributed by atoms with Crippen LogP contribution in [-0.2, 0) is 0 Å². The van der Waals surface area contributed by atoms with Gasteiger partial charge in [-0.25, -0.2) is 4.79 Å². The van der Waals surface area contributed by atoms with Crippen LogP contribution in [-0.4, -0.2) is 16.1 Å². The van der Waals surface area contributed by atoms with Crippen molar-refractivity contribution >= 4 is 34.2 Å². The van der Waals surface area contributed by atoms with Crippen LogP contribution in [0.25, 0.3) is 10.9 Å². The van der Waals surface area contributed by atoms with Gasteiger partial charge in [-0.05, 0) is 24.6 Å². The highest BCUT2D eigenvalue weighted by molar-refractivity contribution is 6.32. The summed E-state index contributed by atoms with van der Waals surface area (Å²) in [4.78, 5) is 14.9. The number of aromatic nitrogens is 1. The quantitative estimate of drug-likeness (QED) is 0.798. The highest BCUT2D eigenvalue weighted by Gasteiger charge is 2.12. The van der Waals surface area contributed by atoms with E-state index in [9.17, 15) is 4.79 Å². The maximum Gasteiger partial charge on any atom is 0.339 e. The molecule has 0 atom stereocenters. The van der Waals surface area contributed by atoms with Crippen molar-refractivity contribution in [1.82, 2.24) is 4.98 Å². The van der Waals surface area contributed by atoms with Gasteiger partial charge in [0.15, 0.2) is 0 Å².